The molecule has 0 radical (unpaired) electrons. The highest BCUT2D eigenvalue weighted by molar-refractivity contribution is 7.98. The zero-order valence-electron chi connectivity index (χ0n) is 17.9. The molecule has 2 aromatic carbocycles. The van der Waals surface area contributed by atoms with Crippen molar-refractivity contribution in [1.82, 2.24) is 30.7 Å². The monoisotopic (exact) mass is 463 g/mol. The van der Waals surface area contributed by atoms with Crippen molar-refractivity contribution in [3.8, 4) is 5.82 Å². The lowest BCUT2D eigenvalue weighted by molar-refractivity contribution is 0.0949. The van der Waals surface area contributed by atoms with Crippen molar-refractivity contribution in [3.05, 3.63) is 71.5 Å². The number of rotatable bonds is 8. The van der Waals surface area contributed by atoms with Gasteiger partial charge in [-0.2, -0.15) is 9.78 Å². The number of nitrogens with two attached hydrogens (primary N) is 1. The first-order valence-electron chi connectivity index (χ1n) is 9.83. The Morgan fingerprint density at radius 3 is 2.64 bits per heavy atom. The number of amides is 1. The van der Waals surface area contributed by atoms with E-state index in [2.05, 4.69) is 31.2 Å². The first-order valence-corrected chi connectivity index (χ1v) is 11.1. The van der Waals surface area contributed by atoms with Gasteiger partial charge in [-0.05, 0) is 46.4 Å². The third-order valence-corrected chi connectivity index (χ3v) is 5.50. The Morgan fingerprint density at radius 2 is 1.97 bits per heavy atom. The van der Waals surface area contributed by atoms with Gasteiger partial charge in [0.2, 0.25) is 11.6 Å². The topological polar surface area (TPSA) is 140 Å². The molecule has 0 spiro atoms. The maximum Gasteiger partial charge on any atom is 0.293 e. The van der Waals surface area contributed by atoms with Crippen molar-refractivity contribution in [2.75, 3.05) is 23.9 Å². The van der Waals surface area contributed by atoms with Gasteiger partial charge in [0.1, 0.15) is 0 Å². The molecule has 0 aliphatic rings. The maximum absolute atomic E-state index is 12.9. The molecule has 11 nitrogen and oxygen atoms in total. The minimum atomic E-state index is -0.523. The number of para-hydroxylation sites is 1. The molecule has 0 fully saturated rings. The number of aromatic nitrogens is 5. The Balaban J connectivity index is 1.58. The van der Waals surface area contributed by atoms with Gasteiger partial charge in [-0.15, -0.1) is 16.9 Å². The minimum Gasteiger partial charge on any atom is -0.378 e. The number of benzene rings is 2. The van der Waals surface area contributed by atoms with Gasteiger partial charge in [-0.25, -0.2) is 10.1 Å². The number of hydrazone groups is 1. The summed E-state index contributed by atoms with van der Waals surface area (Å²) in [5.74, 6) is -0.345. The third kappa shape index (κ3) is 5.01. The predicted molar refractivity (Wildman–Crippen MR) is 125 cm³/mol. The van der Waals surface area contributed by atoms with Crippen molar-refractivity contribution in [2.24, 2.45) is 5.10 Å². The Kier molecular flexibility index (Phi) is 6.64. The van der Waals surface area contributed by atoms with Gasteiger partial charge in [0.15, 0.2) is 5.69 Å². The van der Waals surface area contributed by atoms with Crippen molar-refractivity contribution >= 4 is 35.4 Å². The molecular formula is C21H21N9O2S. The smallest absolute Gasteiger partial charge is 0.293 e. The molecule has 0 aliphatic heterocycles. The van der Waals surface area contributed by atoms with Crippen LogP contribution in [0.5, 0.6) is 0 Å². The number of carbonyl (C=O) groups is 1. The van der Waals surface area contributed by atoms with Crippen molar-refractivity contribution < 1.29 is 9.42 Å². The van der Waals surface area contributed by atoms with Gasteiger partial charge in [0, 0.05) is 17.6 Å². The largest absolute Gasteiger partial charge is 0.378 e. The van der Waals surface area contributed by atoms with Crippen LogP contribution in [0.1, 0.15) is 21.7 Å². The zero-order valence-corrected chi connectivity index (χ0v) is 18.7. The number of thioether (sulfide) groups is 1. The van der Waals surface area contributed by atoms with Crippen molar-refractivity contribution in [2.45, 2.75) is 11.4 Å². The van der Waals surface area contributed by atoms with Crippen LogP contribution in [-0.2, 0) is 6.54 Å². The van der Waals surface area contributed by atoms with E-state index in [9.17, 15) is 4.79 Å². The van der Waals surface area contributed by atoms with Gasteiger partial charge in [-0.1, -0.05) is 35.5 Å². The van der Waals surface area contributed by atoms with E-state index in [1.807, 2.05) is 72.8 Å². The van der Waals surface area contributed by atoms with Gasteiger partial charge in [-0.3, -0.25) is 4.79 Å². The summed E-state index contributed by atoms with van der Waals surface area (Å²) in [5.41, 5.74) is 10.7. The zero-order chi connectivity index (χ0) is 23.2. The molecule has 0 saturated heterocycles. The van der Waals surface area contributed by atoms with Crippen LogP contribution in [0, 0.1) is 0 Å². The second kappa shape index (κ2) is 9.96. The predicted octanol–water partition coefficient (Wildman–Crippen LogP) is 2.35. The Labute approximate surface area is 193 Å². The average molecular weight is 464 g/mol. The molecule has 0 aliphatic carbocycles. The molecule has 0 bridgehead atoms. The Morgan fingerprint density at radius 1 is 1.21 bits per heavy atom. The molecule has 4 rings (SSSR count). The van der Waals surface area contributed by atoms with Crippen LogP contribution in [0.4, 0.5) is 11.5 Å². The summed E-state index contributed by atoms with van der Waals surface area (Å²) in [7, 11) is 1.88. The second-order valence-electron chi connectivity index (χ2n) is 6.93. The van der Waals surface area contributed by atoms with E-state index in [1.165, 1.54) is 4.68 Å². The summed E-state index contributed by atoms with van der Waals surface area (Å²) >= 11 is 1.65. The standard InChI is InChI=1S/C21H21N9O2S/c1-29(15-6-4-3-5-7-15)13-17-18(24-28-30(17)20-19(22)26-32-27-20)21(31)25-23-12-14-8-10-16(33-2)11-9-14/h3-12H,13H2,1-2H3,(H2,22,26)(H,25,31)/b23-12-. The fourth-order valence-electron chi connectivity index (χ4n) is 3.03. The van der Waals surface area contributed by atoms with E-state index < -0.39 is 5.91 Å². The molecule has 2 heterocycles. The van der Waals surface area contributed by atoms with Crippen LogP contribution in [0.2, 0.25) is 0 Å². The highest BCUT2D eigenvalue weighted by atomic mass is 32.2. The number of anilines is 2. The number of nitrogens with zero attached hydrogens (tertiary/aromatic N) is 7. The fraction of sp³-hybridized carbons (Fsp3) is 0.143. The van der Waals surface area contributed by atoms with Crippen LogP contribution in [-0.4, -0.2) is 50.7 Å². The molecule has 3 N–H and O–H groups in total. The Bertz CT molecular complexity index is 1250. The number of carbonyl (C=O) groups excluding carboxylic acids is 1. The van der Waals surface area contributed by atoms with E-state index in [0.29, 0.717) is 5.69 Å². The van der Waals surface area contributed by atoms with Crippen LogP contribution in [0.25, 0.3) is 5.82 Å². The first kappa shape index (κ1) is 22.0. The Hall–Kier alpha value is -4.19. The first-order chi connectivity index (χ1) is 16.1. The lowest BCUT2D eigenvalue weighted by atomic mass is 10.2. The summed E-state index contributed by atoms with van der Waals surface area (Å²) in [6, 6.07) is 17.5. The number of hydrogen-bond acceptors (Lipinski definition) is 10. The van der Waals surface area contributed by atoms with E-state index in [0.717, 1.165) is 16.1 Å². The molecule has 0 saturated carbocycles. The van der Waals surface area contributed by atoms with Crippen LogP contribution >= 0.6 is 11.8 Å². The van der Waals surface area contributed by atoms with Gasteiger partial charge in [0.25, 0.3) is 5.91 Å². The summed E-state index contributed by atoms with van der Waals surface area (Å²) in [6.45, 7) is 0.284. The van der Waals surface area contributed by atoms with Gasteiger partial charge in [0.05, 0.1) is 18.5 Å². The van der Waals surface area contributed by atoms with E-state index in [1.54, 1.807) is 18.0 Å². The highest BCUT2D eigenvalue weighted by Crippen LogP contribution is 2.20. The lowest BCUT2D eigenvalue weighted by Gasteiger charge is -2.19. The average Bonchev–Trinajstić information content (AvgIpc) is 3.45. The molecule has 0 unspecified atom stereocenters. The van der Waals surface area contributed by atoms with Gasteiger partial charge >= 0.3 is 0 Å². The number of nitrogen functional groups attached to an aromatic ring is 1. The van der Waals surface area contributed by atoms with Crippen molar-refractivity contribution in [3.63, 3.8) is 0 Å². The summed E-state index contributed by atoms with van der Waals surface area (Å²) in [5, 5.41) is 19.5. The fourth-order valence-corrected chi connectivity index (χ4v) is 3.44. The van der Waals surface area contributed by atoms with Crippen LogP contribution in [0.15, 0.2) is 69.2 Å². The van der Waals surface area contributed by atoms with Crippen LogP contribution < -0.4 is 16.1 Å². The molecule has 2 aromatic heterocycles. The number of hydrogen-bond donors (Lipinski definition) is 2. The normalized spacial score (nSPS) is 11.1. The van der Waals surface area contributed by atoms with Gasteiger partial charge < -0.3 is 10.6 Å². The maximum atomic E-state index is 12.9. The molecule has 1 amide bonds. The molecular weight excluding hydrogens is 442 g/mol. The molecule has 4 aromatic rings. The van der Waals surface area contributed by atoms with E-state index in [-0.39, 0.29) is 23.9 Å². The third-order valence-electron chi connectivity index (χ3n) is 4.75. The summed E-state index contributed by atoms with van der Waals surface area (Å²) < 4.78 is 6.03. The van der Waals surface area contributed by atoms with Crippen molar-refractivity contribution in [1.29, 1.82) is 0 Å². The lowest BCUT2D eigenvalue weighted by Crippen LogP contribution is -2.24. The molecule has 33 heavy (non-hydrogen) atoms. The second-order valence-corrected chi connectivity index (χ2v) is 7.81. The molecule has 0 atom stereocenters. The van der Waals surface area contributed by atoms with Crippen LogP contribution in [0.3, 0.4) is 0 Å². The SMILES string of the molecule is CSc1ccc(/C=N\NC(=O)c2nnn(-c3nonc3N)c2CN(C)c2ccccc2)cc1. The molecule has 12 heteroatoms. The summed E-state index contributed by atoms with van der Waals surface area (Å²) in [6.07, 6.45) is 3.56. The van der Waals surface area contributed by atoms with E-state index in [4.69, 9.17) is 10.4 Å². The van der Waals surface area contributed by atoms with E-state index >= 15 is 0 Å². The summed E-state index contributed by atoms with van der Waals surface area (Å²) in [4.78, 5) is 16.0. The highest BCUT2D eigenvalue weighted by Gasteiger charge is 2.25. The molecule has 168 valence electrons. The quantitative estimate of drug-likeness (QED) is 0.229. The minimum absolute atomic E-state index is 0.0298. The number of nitrogens with one attached hydrogen (secondary N) is 1.